The van der Waals surface area contributed by atoms with Crippen molar-refractivity contribution in [3.05, 3.63) is 64.0 Å². The molecule has 1 N–H and O–H groups in total. The lowest BCUT2D eigenvalue weighted by atomic mass is 10.0. The van der Waals surface area contributed by atoms with Crippen molar-refractivity contribution in [3.8, 4) is 0 Å². The molecule has 1 aliphatic heterocycles. The van der Waals surface area contributed by atoms with E-state index in [2.05, 4.69) is 5.32 Å². The molecule has 0 saturated carbocycles. The summed E-state index contributed by atoms with van der Waals surface area (Å²) in [5.74, 6) is -0.210. The second kappa shape index (κ2) is 9.20. The zero-order valence-corrected chi connectivity index (χ0v) is 18.0. The van der Waals surface area contributed by atoms with Gasteiger partial charge in [-0.1, -0.05) is 12.1 Å². The molecule has 2 aromatic rings. The number of likely N-dealkylation sites (tertiary alicyclic amines) is 1. The smallest absolute Gasteiger partial charge is 0.410 e. The van der Waals surface area contributed by atoms with Gasteiger partial charge in [0.05, 0.1) is 4.92 Å². The van der Waals surface area contributed by atoms with Crippen LogP contribution in [0.4, 0.5) is 10.5 Å². The molecule has 0 radical (unpaired) electrons. The Bertz CT molecular complexity index is 938. The summed E-state index contributed by atoms with van der Waals surface area (Å²) < 4.78 is 7.39. The number of hydrogen-bond donors (Lipinski definition) is 1. The molecule has 0 aliphatic carbocycles. The molecule has 0 bridgehead atoms. The summed E-state index contributed by atoms with van der Waals surface area (Å²) in [7, 11) is 0. The third-order valence-corrected chi connectivity index (χ3v) is 5.12. The maximum absolute atomic E-state index is 12.7. The maximum atomic E-state index is 12.7. The van der Waals surface area contributed by atoms with Crippen LogP contribution in [0.5, 0.6) is 0 Å². The van der Waals surface area contributed by atoms with Crippen LogP contribution in [0.2, 0.25) is 0 Å². The molecule has 1 fully saturated rings. The topological polar surface area (TPSA) is 107 Å². The molecule has 3 rings (SSSR count). The van der Waals surface area contributed by atoms with Crippen LogP contribution in [0.3, 0.4) is 0 Å². The van der Waals surface area contributed by atoms with Crippen molar-refractivity contribution in [2.45, 2.75) is 51.8 Å². The van der Waals surface area contributed by atoms with Gasteiger partial charge in [0.25, 0.3) is 11.6 Å². The summed E-state index contributed by atoms with van der Waals surface area (Å²) in [5.41, 5.74) is 0.825. The number of benzene rings is 1. The molecule has 2 heterocycles. The van der Waals surface area contributed by atoms with E-state index in [1.54, 1.807) is 23.1 Å². The van der Waals surface area contributed by atoms with E-state index in [1.807, 2.05) is 37.6 Å². The molecule has 1 aromatic heterocycles. The number of amides is 2. The Balaban J connectivity index is 1.56. The number of rotatable bonds is 5. The first kappa shape index (κ1) is 22.3. The van der Waals surface area contributed by atoms with Crippen molar-refractivity contribution in [1.82, 2.24) is 14.8 Å². The highest BCUT2D eigenvalue weighted by Crippen LogP contribution is 2.26. The summed E-state index contributed by atoms with van der Waals surface area (Å²) >= 11 is 0. The highest BCUT2D eigenvalue weighted by atomic mass is 16.6. The number of ether oxygens (including phenoxy) is 1. The number of nitro benzene ring substituents is 1. The van der Waals surface area contributed by atoms with E-state index in [0.717, 1.165) is 18.4 Å². The summed E-state index contributed by atoms with van der Waals surface area (Å²) in [6.07, 6.45) is 3.04. The molecule has 2 amide bonds. The Morgan fingerprint density at radius 3 is 2.39 bits per heavy atom. The standard InChI is InChI=1S/C22H28N4O5/c1-22(2,3)31-21(28)24-13-10-17(11-14-24)25-12-4-5-19(25)20(27)23-15-16-6-8-18(9-7-16)26(29)30/h4-9,12,17H,10-11,13-15H2,1-3H3,(H,23,27). The van der Waals surface area contributed by atoms with E-state index in [1.165, 1.54) is 12.1 Å². The molecule has 9 nitrogen and oxygen atoms in total. The van der Waals surface area contributed by atoms with Crippen LogP contribution in [0.15, 0.2) is 42.6 Å². The lowest BCUT2D eigenvalue weighted by Crippen LogP contribution is -2.42. The summed E-state index contributed by atoms with van der Waals surface area (Å²) in [6, 6.07) is 9.82. The number of carbonyl (C=O) groups excluding carboxylic acids is 2. The first-order chi connectivity index (χ1) is 14.6. The number of carbonyl (C=O) groups is 2. The van der Waals surface area contributed by atoms with E-state index in [-0.39, 0.29) is 30.3 Å². The van der Waals surface area contributed by atoms with Crippen molar-refractivity contribution in [2.24, 2.45) is 0 Å². The van der Waals surface area contributed by atoms with E-state index in [4.69, 9.17) is 4.74 Å². The highest BCUT2D eigenvalue weighted by Gasteiger charge is 2.28. The van der Waals surface area contributed by atoms with Crippen LogP contribution < -0.4 is 5.32 Å². The third kappa shape index (κ3) is 5.84. The number of piperidine rings is 1. The number of nitro groups is 1. The molecule has 0 spiro atoms. The van der Waals surface area contributed by atoms with Crippen LogP contribution >= 0.6 is 0 Å². The van der Waals surface area contributed by atoms with Gasteiger partial charge in [0.1, 0.15) is 11.3 Å². The monoisotopic (exact) mass is 428 g/mol. The van der Waals surface area contributed by atoms with E-state index < -0.39 is 10.5 Å². The first-order valence-corrected chi connectivity index (χ1v) is 10.3. The first-order valence-electron chi connectivity index (χ1n) is 10.3. The molecule has 31 heavy (non-hydrogen) atoms. The number of nitrogens with one attached hydrogen (secondary N) is 1. The molecular weight excluding hydrogens is 400 g/mol. The second-order valence-electron chi connectivity index (χ2n) is 8.61. The Morgan fingerprint density at radius 1 is 1.16 bits per heavy atom. The Kier molecular flexibility index (Phi) is 6.62. The van der Waals surface area contributed by atoms with E-state index in [9.17, 15) is 19.7 Å². The zero-order chi connectivity index (χ0) is 22.6. The number of non-ortho nitro benzene ring substituents is 1. The molecule has 1 saturated heterocycles. The SMILES string of the molecule is CC(C)(C)OC(=O)N1CCC(n2cccc2C(=O)NCc2ccc([N+](=O)[O-])cc2)CC1. The average Bonchev–Trinajstić information content (AvgIpc) is 3.21. The van der Waals surface area contributed by atoms with Crippen LogP contribution in [-0.2, 0) is 11.3 Å². The molecule has 9 heteroatoms. The normalized spacial score (nSPS) is 14.9. The zero-order valence-electron chi connectivity index (χ0n) is 18.0. The van der Waals surface area contributed by atoms with Gasteiger partial charge in [0.15, 0.2) is 0 Å². The van der Waals surface area contributed by atoms with Gasteiger partial charge in [-0.25, -0.2) is 4.79 Å². The fourth-order valence-electron chi connectivity index (χ4n) is 3.57. The van der Waals surface area contributed by atoms with Gasteiger partial charge < -0.3 is 19.5 Å². The summed E-state index contributed by atoms with van der Waals surface area (Å²) in [6.45, 7) is 6.96. The molecular formula is C22H28N4O5. The summed E-state index contributed by atoms with van der Waals surface area (Å²) in [5, 5.41) is 13.6. The van der Waals surface area contributed by atoms with Gasteiger partial charge in [-0.2, -0.15) is 0 Å². The van der Waals surface area contributed by atoms with Crippen LogP contribution in [0.25, 0.3) is 0 Å². The highest BCUT2D eigenvalue weighted by molar-refractivity contribution is 5.92. The predicted molar refractivity (Wildman–Crippen MR) is 115 cm³/mol. The minimum atomic E-state index is -0.525. The van der Waals surface area contributed by atoms with Gasteiger partial charge in [0, 0.05) is 44.0 Å². The van der Waals surface area contributed by atoms with Crippen molar-refractivity contribution in [2.75, 3.05) is 13.1 Å². The molecule has 1 aromatic carbocycles. The average molecular weight is 428 g/mol. The van der Waals surface area contributed by atoms with Crippen molar-refractivity contribution >= 4 is 17.7 Å². The molecule has 0 atom stereocenters. The molecule has 0 unspecified atom stereocenters. The fourth-order valence-corrected chi connectivity index (χ4v) is 3.57. The Morgan fingerprint density at radius 2 is 1.81 bits per heavy atom. The van der Waals surface area contributed by atoms with Crippen molar-refractivity contribution in [3.63, 3.8) is 0 Å². The van der Waals surface area contributed by atoms with Gasteiger partial charge in [-0.05, 0) is 51.3 Å². The minimum absolute atomic E-state index is 0.0154. The fraction of sp³-hybridized carbons (Fsp3) is 0.455. The van der Waals surface area contributed by atoms with E-state index >= 15 is 0 Å². The lowest BCUT2D eigenvalue weighted by Gasteiger charge is -2.34. The van der Waals surface area contributed by atoms with Crippen LogP contribution in [0, 0.1) is 10.1 Å². The largest absolute Gasteiger partial charge is 0.444 e. The molecule has 1 aliphatic rings. The minimum Gasteiger partial charge on any atom is -0.444 e. The van der Waals surface area contributed by atoms with Crippen LogP contribution in [0.1, 0.15) is 55.7 Å². The number of aromatic nitrogens is 1. The molecule has 166 valence electrons. The van der Waals surface area contributed by atoms with Gasteiger partial charge in [-0.3, -0.25) is 14.9 Å². The van der Waals surface area contributed by atoms with Gasteiger partial charge in [-0.15, -0.1) is 0 Å². The van der Waals surface area contributed by atoms with Gasteiger partial charge >= 0.3 is 6.09 Å². The second-order valence-corrected chi connectivity index (χ2v) is 8.61. The number of hydrogen-bond acceptors (Lipinski definition) is 5. The quantitative estimate of drug-likeness (QED) is 0.574. The summed E-state index contributed by atoms with van der Waals surface area (Å²) in [4.78, 5) is 37.0. The Labute approximate surface area is 181 Å². The predicted octanol–water partition coefficient (Wildman–Crippen LogP) is 3.90. The van der Waals surface area contributed by atoms with E-state index in [0.29, 0.717) is 18.8 Å². The third-order valence-electron chi connectivity index (χ3n) is 5.12. The number of nitrogens with zero attached hydrogens (tertiary/aromatic N) is 3. The van der Waals surface area contributed by atoms with Crippen molar-refractivity contribution in [1.29, 1.82) is 0 Å². The van der Waals surface area contributed by atoms with Crippen molar-refractivity contribution < 1.29 is 19.2 Å². The maximum Gasteiger partial charge on any atom is 0.410 e. The van der Waals surface area contributed by atoms with Crippen LogP contribution in [-0.4, -0.2) is 45.1 Å². The lowest BCUT2D eigenvalue weighted by molar-refractivity contribution is -0.384. The Hall–Kier alpha value is -3.36. The van der Waals surface area contributed by atoms with Gasteiger partial charge in [0.2, 0.25) is 0 Å².